The monoisotopic (exact) mass is 215 g/mol. The van der Waals surface area contributed by atoms with Gasteiger partial charge in [0.1, 0.15) is 0 Å². The number of fused-ring (bicyclic) bond motifs is 1. The molecule has 0 fully saturated rings. The number of guanidine groups is 1. The van der Waals surface area contributed by atoms with Gasteiger partial charge in [0.05, 0.1) is 0 Å². The van der Waals surface area contributed by atoms with Gasteiger partial charge in [0.25, 0.3) is 0 Å². The first kappa shape index (κ1) is 10.7. The minimum absolute atomic E-state index is 0.504. The number of nitrogens with two attached hydrogens (primary N) is 1. The molecule has 0 spiro atoms. The molecule has 1 atom stereocenters. The molecule has 0 saturated carbocycles. The Morgan fingerprint density at radius 3 is 3.12 bits per heavy atom. The summed E-state index contributed by atoms with van der Waals surface area (Å²) in [4.78, 5) is 4.32. The standard InChI is InChI=1S/C13H17N3/c1-2-7-15-13(14)16-9-11-8-10-5-3-4-6-12(10)11/h2-6,11H,1,7-9H2,(H3,14,15,16). The van der Waals surface area contributed by atoms with Gasteiger partial charge in [-0.05, 0) is 17.5 Å². The third-order valence-corrected chi connectivity index (χ3v) is 2.87. The lowest BCUT2D eigenvalue weighted by Gasteiger charge is -2.28. The molecule has 0 heterocycles. The Bertz CT molecular complexity index is 409. The van der Waals surface area contributed by atoms with Crippen molar-refractivity contribution in [2.75, 3.05) is 13.1 Å². The van der Waals surface area contributed by atoms with Crippen molar-refractivity contribution >= 4 is 5.96 Å². The Morgan fingerprint density at radius 2 is 2.38 bits per heavy atom. The largest absolute Gasteiger partial charge is 0.370 e. The summed E-state index contributed by atoms with van der Waals surface area (Å²) in [6.07, 6.45) is 2.88. The third-order valence-electron chi connectivity index (χ3n) is 2.87. The van der Waals surface area contributed by atoms with Crippen LogP contribution in [0.3, 0.4) is 0 Å². The first-order valence-electron chi connectivity index (χ1n) is 5.53. The number of hydrogen-bond donors (Lipinski definition) is 2. The van der Waals surface area contributed by atoms with Gasteiger partial charge in [0, 0.05) is 19.0 Å². The Balaban J connectivity index is 1.87. The lowest BCUT2D eigenvalue weighted by atomic mass is 9.78. The van der Waals surface area contributed by atoms with Crippen LogP contribution in [0.5, 0.6) is 0 Å². The average Bonchev–Trinajstić information content (AvgIpc) is 2.27. The van der Waals surface area contributed by atoms with E-state index in [-0.39, 0.29) is 0 Å². The maximum Gasteiger partial charge on any atom is 0.188 e. The topological polar surface area (TPSA) is 50.4 Å². The van der Waals surface area contributed by atoms with Crippen molar-refractivity contribution in [1.29, 1.82) is 0 Å². The minimum Gasteiger partial charge on any atom is -0.370 e. The summed E-state index contributed by atoms with van der Waals surface area (Å²) in [5.74, 6) is 1.05. The number of aliphatic imine (C=N–C) groups is 1. The van der Waals surface area contributed by atoms with Crippen LogP contribution in [0.1, 0.15) is 17.0 Å². The number of nitrogens with one attached hydrogen (secondary N) is 1. The predicted octanol–water partition coefficient (Wildman–Crippen LogP) is 1.42. The molecule has 0 aromatic heterocycles. The van der Waals surface area contributed by atoms with Gasteiger partial charge in [0.15, 0.2) is 5.96 Å². The van der Waals surface area contributed by atoms with Crippen molar-refractivity contribution in [2.45, 2.75) is 12.3 Å². The van der Waals surface area contributed by atoms with Gasteiger partial charge >= 0.3 is 0 Å². The van der Waals surface area contributed by atoms with Crippen LogP contribution in [0.2, 0.25) is 0 Å². The van der Waals surface area contributed by atoms with E-state index in [1.165, 1.54) is 11.1 Å². The molecule has 3 heteroatoms. The molecule has 1 aliphatic carbocycles. The quantitative estimate of drug-likeness (QED) is 0.453. The molecule has 1 aromatic rings. The van der Waals surface area contributed by atoms with Crippen LogP contribution in [0.4, 0.5) is 0 Å². The van der Waals surface area contributed by atoms with Crippen LogP contribution >= 0.6 is 0 Å². The first-order chi connectivity index (χ1) is 7.81. The first-order valence-corrected chi connectivity index (χ1v) is 5.53. The Kier molecular flexibility index (Phi) is 3.25. The molecule has 0 amide bonds. The molecule has 1 unspecified atom stereocenters. The second kappa shape index (κ2) is 4.84. The normalized spacial score (nSPS) is 18.5. The summed E-state index contributed by atoms with van der Waals surface area (Å²) in [6.45, 7) is 5.05. The second-order valence-electron chi connectivity index (χ2n) is 4.00. The summed E-state index contributed by atoms with van der Waals surface area (Å²) in [5, 5.41) is 2.97. The van der Waals surface area contributed by atoms with E-state index in [2.05, 4.69) is 41.2 Å². The second-order valence-corrected chi connectivity index (χ2v) is 4.00. The molecule has 84 valence electrons. The van der Waals surface area contributed by atoms with E-state index < -0.39 is 0 Å². The van der Waals surface area contributed by atoms with E-state index in [0.29, 0.717) is 18.4 Å². The zero-order chi connectivity index (χ0) is 11.4. The molecule has 0 saturated heterocycles. The average molecular weight is 215 g/mol. The zero-order valence-electron chi connectivity index (χ0n) is 9.32. The maximum absolute atomic E-state index is 5.70. The Morgan fingerprint density at radius 1 is 1.56 bits per heavy atom. The summed E-state index contributed by atoms with van der Waals surface area (Å²) in [5.41, 5.74) is 8.56. The van der Waals surface area contributed by atoms with Crippen LogP contribution in [0.15, 0.2) is 41.9 Å². The van der Waals surface area contributed by atoms with E-state index in [4.69, 9.17) is 5.73 Å². The SMILES string of the molecule is C=CCNC(N)=NCC1Cc2ccccc21. The van der Waals surface area contributed by atoms with Crippen LogP contribution < -0.4 is 11.1 Å². The highest BCUT2D eigenvalue weighted by molar-refractivity contribution is 5.78. The van der Waals surface area contributed by atoms with E-state index in [9.17, 15) is 0 Å². The lowest BCUT2D eigenvalue weighted by Crippen LogP contribution is -2.32. The molecule has 1 aliphatic rings. The van der Waals surface area contributed by atoms with Gasteiger partial charge in [-0.15, -0.1) is 6.58 Å². The smallest absolute Gasteiger partial charge is 0.188 e. The van der Waals surface area contributed by atoms with E-state index in [0.717, 1.165) is 13.0 Å². The van der Waals surface area contributed by atoms with Crippen LogP contribution in [-0.2, 0) is 6.42 Å². The number of nitrogens with zero attached hydrogens (tertiary/aromatic N) is 1. The Hall–Kier alpha value is -1.77. The van der Waals surface area contributed by atoms with Crippen molar-refractivity contribution in [2.24, 2.45) is 10.7 Å². The van der Waals surface area contributed by atoms with Crippen molar-refractivity contribution < 1.29 is 0 Å². The van der Waals surface area contributed by atoms with Crippen LogP contribution in [0.25, 0.3) is 0 Å². The maximum atomic E-state index is 5.70. The van der Waals surface area contributed by atoms with Crippen LogP contribution in [0, 0.1) is 0 Å². The van der Waals surface area contributed by atoms with Gasteiger partial charge in [-0.2, -0.15) is 0 Å². The van der Waals surface area contributed by atoms with Gasteiger partial charge in [-0.1, -0.05) is 30.3 Å². The van der Waals surface area contributed by atoms with Crippen LogP contribution in [-0.4, -0.2) is 19.0 Å². The molecule has 0 bridgehead atoms. The van der Waals surface area contributed by atoms with Crippen molar-refractivity contribution in [3.05, 3.63) is 48.0 Å². The molecule has 3 N–H and O–H groups in total. The fourth-order valence-corrected chi connectivity index (χ4v) is 1.97. The molecular weight excluding hydrogens is 198 g/mol. The van der Waals surface area contributed by atoms with Gasteiger partial charge in [-0.3, -0.25) is 4.99 Å². The number of benzene rings is 1. The van der Waals surface area contributed by atoms with Gasteiger partial charge < -0.3 is 11.1 Å². The van der Waals surface area contributed by atoms with Gasteiger partial charge in [-0.25, -0.2) is 0 Å². The molecule has 16 heavy (non-hydrogen) atoms. The molecule has 0 radical (unpaired) electrons. The fraction of sp³-hybridized carbons (Fsp3) is 0.308. The van der Waals surface area contributed by atoms with E-state index >= 15 is 0 Å². The summed E-state index contributed by atoms with van der Waals surface area (Å²) >= 11 is 0. The zero-order valence-corrected chi connectivity index (χ0v) is 9.32. The third kappa shape index (κ3) is 2.24. The van der Waals surface area contributed by atoms with Crippen molar-refractivity contribution in [1.82, 2.24) is 5.32 Å². The van der Waals surface area contributed by atoms with Crippen molar-refractivity contribution in [3.63, 3.8) is 0 Å². The molecular formula is C13H17N3. The lowest BCUT2D eigenvalue weighted by molar-refractivity contribution is 0.617. The predicted molar refractivity (Wildman–Crippen MR) is 67.6 cm³/mol. The number of hydrogen-bond acceptors (Lipinski definition) is 1. The van der Waals surface area contributed by atoms with E-state index in [1.807, 2.05) is 0 Å². The van der Waals surface area contributed by atoms with Gasteiger partial charge in [0.2, 0.25) is 0 Å². The number of rotatable bonds is 4. The summed E-state index contributed by atoms with van der Waals surface area (Å²) in [6, 6.07) is 8.51. The highest BCUT2D eigenvalue weighted by Gasteiger charge is 2.24. The molecule has 2 rings (SSSR count). The minimum atomic E-state index is 0.504. The highest BCUT2D eigenvalue weighted by Crippen LogP contribution is 2.34. The molecule has 1 aromatic carbocycles. The van der Waals surface area contributed by atoms with Crippen molar-refractivity contribution in [3.8, 4) is 0 Å². The molecule has 0 aliphatic heterocycles. The fourth-order valence-electron chi connectivity index (χ4n) is 1.97. The molecule has 3 nitrogen and oxygen atoms in total. The van der Waals surface area contributed by atoms with E-state index in [1.54, 1.807) is 6.08 Å². The summed E-state index contributed by atoms with van der Waals surface area (Å²) < 4.78 is 0. The highest BCUT2D eigenvalue weighted by atomic mass is 15.1. The summed E-state index contributed by atoms with van der Waals surface area (Å²) in [7, 11) is 0. The Labute approximate surface area is 96.1 Å².